The molecule has 5 heteroatoms. The first-order chi connectivity index (χ1) is 8.20. The van der Waals surface area contributed by atoms with Crippen LogP contribution in [0.25, 0.3) is 15.8 Å². The maximum absolute atomic E-state index is 10.7. The lowest BCUT2D eigenvalue weighted by Gasteiger charge is -1.89. The Kier molecular flexibility index (Phi) is 3.38. The molecule has 0 aliphatic carbocycles. The lowest BCUT2D eigenvalue weighted by atomic mass is 10.2. The van der Waals surface area contributed by atoms with Gasteiger partial charge in [0, 0.05) is 14.6 Å². The number of thiophene rings is 2. The van der Waals surface area contributed by atoms with E-state index in [0.717, 1.165) is 14.6 Å². The van der Waals surface area contributed by atoms with Crippen LogP contribution in [-0.2, 0) is 4.79 Å². The average molecular weight is 261 g/mol. The summed E-state index contributed by atoms with van der Waals surface area (Å²) in [5.74, 6) is -1.20. The Balaban J connectivity index is 2.31. The highest BCUT2D eigenvalue weighted by Gasteiger charge is 2.08. The Labute approximate surface area is 106 Å². The first kappa shape index (κ1) is 11.6. The summed E-state index contributed by atoms with van der Waals surface area (Å²) in [4.78, 5) is 13.7. The summed E-state index contributed by atoms with van der Waals surface area (Å²) in [6, 6.07) is 9.39. The van der Waals surface area contributed by atoms with Gasteiger partial charge in [0.2, 0.25) is 0 Å². The molecule has 2 aromatic rings. The highest BCUT2D eigenvalue weighted by Crippen LogP contribution is 2.32. The van der Waals surface area contributed by atoms with E-state index in [4.69, 9.17) is 10.4 Å². The molecule has 0 radical (unpaired) electrons. The van der Waals surface area contributed by atoms with Gasteiger partial charge in [-0.3, -0.25) is 0 Å². The fourth-order valence-electron chi connectivity index (χ4n) is 1.27. The number of hydrogen-bond donors (Lipinski definition) is 1. The molecule has 84 valence electrons. The molecule has 0 bridgehead atoms. The third-order valence-electron chi connectivity index (χ3n) is 2.03. The molecular formula is C12H7NO2S2. The van der Waals surface area contributed by atoms with E-state index in [0.29, 0.717) is 0 Å². The quantitative estimate of drug-likeness (QED) is 0.679. The van der Waals surface area contributed by atoms with Crippen molar-refractivity contribution in [3.05, 3.63) is 40.1 Å². The van der Waals surface area contributed by atoms with Gasteiger partial charge in [-0.2, -0.15) is 5.26 Å². The van der Waals surface area contributed by atoms with Gasteiger partial charge < -0.3 is 5.11 Å². The third-order valence-corrected chi connectivity index (χ3v) is 4.13. The van der Waals surface area contributed by atoms with Crippen molar-refractivity contribution >= 4 is 34.7 Å². The maximum Gasteiger partial charge on any atom is 0.346 e. The van der Waals surface area contributed by atoms with Crippen molar-refractivity contribution in [1.82, 2.24) is 0 Å². The molecule has 0 fully saturated rings. The van der Waals surface area contributed by atoms with Crippen LogP contribution >= 0.6 is 22.7 Å². The Morgan fingerprint density at radius 3 is 2.76 bits per heavy atom. The summed E-state index contributed by atoms with van der Waals surface area (Å²) >= 11 is 3.10. The monoisotopic (exact) mass is 261 g/mol. The SMILES string of the molecule is N#C/C(=C\c1ccc(-c2cccs2)s1)C(=O)O. The highest BCUT2D eigenvalue weighted by atomic mass is 32.1. The van der Waals surface area contributed by atoms with E-state index in [2.05, 4.69) is 0 Å². The smallest absolute Gasteiger partial charge is 0.346 e. The van der Waals surface area contributed by atoms with E-state index in [1.807, 2.05) is 29.6 Å². The molecule has 0 unspecified atom stereocenters. The lowest BCUT2D eigenvalue weighted by Crippen LogP contribution is -1.96. The van der Waals surface area contributed by atoms with Crippen molar-refractivity contribution in [3.63, 3.8) is 0 Å². The van der Waals surface area contributed by atoms with Crippen molar-refractivity contribution in [1.29, 1.82) is 5.26 Å². The molecule has 17 heavy (non-hydrogen) atoms. The van der Waals surface area contributed by atoms with E-state index < -0.39 is 5.97 Å². The van der Waals surface area contributed by atoms with Crippen LogP contribution in [0.4, 0.5) is 0 Å². The van der Waals surface area contributed by atoms with Gasteiger partial charge in [-0.15, -0.1) is 22.7 Å². The van der Waals surface area contributed by atoms with Crippen molar-refractivity contribution < 1.29 is 9.90 Å². The predicted octanol–water partition coefficient (Wildman–Crippen LogP) is 3.47. The average Bonchev–Trinajstić information content (AvgIpc) is 2.95. The fraction of sp³-hybridized carbons (Fsp3) is 0. The number of hydrogen-bond acceptors (Lipinski definition) is 4. The summed E-state index contributed by atoms with van der Waals surface area (Å²) < 4.78 is 0. The zero-order chi connectivity index (χ0) is 12.3. The second kappa shape index (κ2) is 4.95. The van der Waals surface area contributed by atoms with Crippen molar-refractivity contribution in [3.8, 4) is 15.8 Å². The molecule has 0 aliphatic heterocycles. The molecule has 0 spiro atoms. The number of carboxylic acid groups (broad SMARTS) is 1. The van der Waals surface area contributed by atoms with Gasteiger partial charge in [-0.1, -0.05) is 6.07 Å². The maximum atomic E-state index is 10.7. The second-order valence-corrected chi connectivity index (χ2v) is 5.22. The summed E-state index contributed by atoms with van der Waals surface area (Å²) in [7, 11) is 0. The van der Waals surface area contributed by atoms with Crippen LogP contribution in [0.3, 0.4) is 0 Å². The molecular weight excluding hydrogens is 254 g/mol. The molecule has 0 atom stereocenters. The van der Waals surface area contributed by atoms with Gasteiger partial charge in [0.1, 0.15) is 11.6 Å². The van der Waals surface area contributed by atoms with E-state index >= 15 is 0 Å². The van der Waals surface area contributed by atoms with E-state index in [1.54, 1.807) is 17.4 Å². The molecule has 0 aromatic carbocycles. The third kappa shape index (κ3) is 2.61. The van der Waals surface area contributed by atoms with Crippen LogP contribution in [0.1, 0.15) is 4.88 Å². The summed E-state index contributed by atoms with van der Waals surface area (Å²) in [6.07, 6.45) is 1.39. The molecule has 2 rings (SSSR count). The minimum atomic E-state index is -1.20. The number of rotatable bonds is 3. The Hall–Kier alpha value is -1.90. The Morgan fingerprint density at radius 2 is 2.18 bits per heavy atom. The number of nitrogens with zero attached hydrogens (tertiary/aromatic N) is 1. The molecule has 2 aromatic heterocycles. The molecule has 0 saturated heterocycles. The van der Waals surface area contributed by atoms with Crippen molar-refractivity contribution in [2.24, 2.45) is 0 Å². The Bertz CT molecular complexity index is 603. The molecule has 0 amide bonds. The highest BCUT2D eigenvalue weighted by molar-refractivity contribution is 7.21. The topological polar surface area (TPSA) is 61.1 Å². The minimum absolute atomic E-state index is 0.246. The number of carboxylic acids is 1. The zero-order valence-corrected chi connectivity index (χ0v) is 10.2. The van der Waals surface area contributed by atoms with Crippen LogP contribution in [-0.4, -0.2) is 11.1 Å². The molecule has 1 N–H and O–H groups in total. The molecule has 0 aliphatic rings. The van der Waals surface area contributed by atoms with Crippen molar-refractivity contribution in [2.45, 2.75) is 0 Å². The van der Waals surface area contributed by atoms with Crippen molar-refractivity contribution in [2.75, 3.05) is 0 Å². The van der Waals surface area contributed by atoms with Crippen LogP contribution in [0, 0.1) is 11.3 Å². The number of carbonyl (C=O) groups is 1. The summed E-state index contributed by atoms with van der Waals surface area (Å²) in [5.41, 5.74) is -0.246. The fourth-order valence-corrected chi connectivity index (χ4v) is 3.05. The second-order valence-electron chi connectivity index (χ2n) is 3.15. The lowest BCUT2D eigenvalue weighted by molar-refractivity contribution is -0.132. The largest absolute Gasteiger partial charge is 0.477 e. The van der Waals surface area contributed by atoms with Gasteiger partial charge in [0.05, 0.1) is 0 Å². The summed E-state index contributed by atoms with van der Waals surface area (Å²) in [5, 5.41) is 19.4. The van der Waals surface area contributed by atoms with Gasteiger partial charge in [0.25, 0.3) is 0 Å². The van der Waals surface area contributed by atoms with Gasteiger partial charge in [-0.05, 0) is 29.7 Å². The molecule has 3 nitrogen and oxygen atoms in total. The Morgan fingerprint density at radius 1 is 1.35 bits per heavy atom. The van der Waals surface area contributed by atoms with Crippen LogP contribution in [0.15, 0.2) is 35.2 Å². The van der Waals surface area contributed by atoms with Gasteiger partial charge in [0.15, 0.2) is 0 Å². The molecule has 2 heterocycles. The van der Waals surface area contributed by atoms with Crippen LogP contribution in [0.2, 0.25) is 0 Å². The van der Waals surface area contributed by atoms with Gasteiger partial charge >= 0.3 is 5.97 Å². The predicted molar refractivity (Wildman–Crippen MR) is 68.9 cm³/mol. The normalized spacial score (nSPS) is 11.1. The minimum Gasteiger partial charge on any atom is -0.477 e. The van der Waals surface area contributed by atoms with Gasteiger partial charge in [-0.25, -0.2) is 4.79 Å². The first-order valence-corrected chi connectivity index (χ1v) is 6.39. The van der Waals surface area contributed by atoms with Crippen LogP contribution in [0.5, 0.6) is 0 Å². The van der Waals surface area contributed by atoms with E-state index in [1.165, 1.54) is 17.4 Å². The number of nitriles is 1. The van der Waals surface area contributed by atoms with E-state index in [9.17, 15) is 4.79 Å². The van der Waals surface area contributed by atoms with Crippen LogP contribution < -0.4 is 0 Å². The summed E-state index contributed by atoms with van der Waals surface area (Å²) in [6.45, 7) is 0. The number of aliphatic carboxylic acids is 1. The standard InChI is InChI=1S/C12H7NO2S2/c13-7-8(12(14)15)6-9-3-4-11(17-9)10-2-1-5-16-10/h1-6H,(H,14,15)/b8-6+. The first-order valence-electron chi connectivity index (χ1n) is 4.69. The molecule has 0 saturated carbocycles. The zero-order valence-electron chi connectivity index (χ0n) is 8.58. The van der Waals surface area contributed by atoms with E-state index in [-0.39, 0.29) is 5.57 Å².